The molecule has 2 aromatic rings. The van der Waals surface area contributed by atoms with Gasteiger partial charge < -0.3 is 10.1 Å². The molecule has 0 heterocycles. The summed E-state index contributed by atoms with van der Waals surface area (Å²) in [5.74, 6) is -0.0214. The van der Waals surface area contributed by atoms with Crippen LogP contribution in [0.15, 0.2) is 46.9 Å². The van der Waals surface area contributed by atoms with Gasteiger partial charge in [-0.05, 0) is 48.9 Å². The van der Waals surface area contributed by atoms with Crippen molar-refractivity contribution in [3.05, 3.63) is 58.3 Å². The molecule has 100 valence electrons. The van der Waals surface area contributed by atoms with Crippen LogP contribution in [0, 0.1) is 12.7 Å². The lowest BCUT2D eigenvalue weighted by Crippen LogP contribution is -2.12. The van der Waals surface area contributed by atoms with Crippen LogP contribution >= 0.6 is 15.9 Å². The van der Waals surface area contributed by atoms with E-state index in [2.05, 4.69) is 21.2 Å². The van der Waals surface area contributed by atoms with Gasteiger partial charge in [-0.15, -0.1) is 0 Å². The van der Waals surface area contributed by atoms with E-state index in [1.807, 2.05) is 31.2 Å². The molecule has 0 radical (unpaired) electrons. The molecule has 1 N–H and O–H groups in total. The third kappa shape index (κ3) is 4.24. The van der Waals surface area contributed by atoms with E-state index in [1.54, 1.807) is 12.1 Å². The maximum atomic E-state index is 13.4. The van der Waals surface area contributed by atoms with Gasteiger partial charge in [0.05, 0.1) is 0 Å². The number of hydrogen-bond donors (Lipinski definition) is 1. The minimum Gasteiger partial charge on any atom is -0.489 e. The molecule has 0 spiro atoms. The number of aryl methyl sites for hydroxylation is 1. The zero-order valence-electron chi connectivity index (χ0n) is 10.6. The van der Waals surface area contributed by atoms with Crippen molar-refractivity contribution in [3.8, 4) is 5.75 Å². The molecular weight excluding hydrogens is 309 g/mol. The fourth-order valence-corrected chi connectivity index (χ4v) is 1.91. The topological polar surface area (TPSA) is 21.3 Å². The minimum atomic E-state index is -0.325. The Labute approximate surface area is 120 Å². The average Bonchev–Trinajstić information content (AvgIpc) is 2.40. The normalized spacial score (nSPS) is 10.3. The van der Waals surface area contributed by atoms with Crippen LogP contribution in [-0.2, 0) is 0 Å². The van der Waals surface area contributed by atoms with Gasteiger partial charge in [-0.2, -0.15) is 0 Å². The summed E-state index contributed by atoms with van der Waals surface area (Å²) in [4.78, 5) is 0. The Bertz CT molecular complexity index is 542. The van der Waals surface area contributed by atoms with Gasteiger partial charge in [0.25, 0.3) is 0 Å². The first-order chi connectivity index (χ1) is 9.15. The molecule has 0 atom stereocenters. The highest BCUT2D eigenvalue weighted by Crippen LogP contribution is 2.18. The maximum absolute atomic E-state index is 13.4. The molecule has 0 aromatic heterocycles. The number of anilines is 1. The maximum Gasteiger partial charge on any atom is 0.165 e. The van der Waals surface area contributed by atoms with Gasteiger partial charge in [0.1, 0.15) is 6.61 Å². The predicted octanol–water partition coefficient (Wildman–Crippen LogP) is 4.39. The van der Waals surface area contributed by atoms with Gasteiger partial charge >= 0.3 is 0 Å². The summed E-state index contributed by atoms with van der Waals surface area (Å²) in [6.07, 6.45) is 0. The van der Waals surface area contributed by atoms with Crippen LogP contribution in [0.1, 0.15) is 5.56 Å². The molecule has 0 saturated carbocycles. The van der Waals surface area contributed by atoms with E-state index >= 15 is 0 Å². The van der Waals surface area contributed by atoms with Crippen molar-refractivity contribution in [2.75, 3.05) is 18.5 Å². The molecule has 0 aliphatic heterocycles. The highest BCUT2D eigenvalue weighted by Gasteiger charge is 2.02. The van der Waals surface area contributed by atoms with E-state index in [0.29, 0.717) is 18.9 Å². The summed E-state index contributed by atoms with van der Waals surface area (Å²) >= 11 is 3.38. The van der Waals surface area contributed by atoms with Gasteiger partial charge in [0.15, 0.2) is 11.6 Å². The van der Waals surface area contributed by atoms with Crippen molar-refractivity contribution in [3.63, 3.8) is 0 Å². The fraction of sp³-hybridized carbons (Fsp3) is 0.200. The van der Waals surface area contributed by atoms with Crippen molar-refractivity contribution >= 4 is 21.6 Å². The Hall–Kier alpha value is -1.55. The first-order valence-electron chi connectivity index (χ1n) is 6.03. The highest BCUT2D eigenvalue weighted by molar-refractivity contribution is 9.10. The number of benzene rings is 2. The van der Waals surface area contributed by atoms with E-state index in [-0.39, 0.29) is 5.82 Å². The Balaban J connectivity index is 1.80. The molecule has 2 rings (SSSR count). The predicted molar refractivity (Wildman–Crippen MR) is 79.3 cm³/mol. The van der Waals surface area contributed by atoms with Crippen molar-refractivity contribution < 1.29 is 9.13 Å². The van der Waals surface area contributed by atoms with Crippen LogP contribution in [0.5, 0.6) is 5.75 Å². The second-order valence-corrected chi connectivity index (χ2v) is 5.13. The average molecular weight is 324 g/mol. The summed E-state index contributed by atoms with van der Waals surface area (Å²) in [5, 5.41) is 3.21. The Morgan fingerprint density at radius 3 is 2.63 bits per heavy atom. The van der Waals surface area contributed by atoms with Crippen molar-refractivity contribution in [2.24, 2.45) is 0 Å². The van der Waals surface area contributed by atoms with Crippen molar-refractivity contribution in [1.82, 2.24) is 0 Å². The number of hydrogen-bond acceptors (Lipinski definition) is 2. The van der Waals surface area contributed by atoms with Gasteiger partial charge in [0, 0.05) is 16.7 Å². The summed E-state index contributed by atoms with van der Waals surface area (Å²) in [6.45, 7) is 2.94. The SMILES string of the molecule is Cc1ccc(F)c(OCCNc2ccc(Br)cc2)c1. The molecule has 0 aliphatic rings. The lowest BCUT2D eigenvalue weighted by Gasteiger charge is -2.10. The van der Waals surface area contributed by atoms with Gasteiger partial charge in [-0.3, -0.25) is 0 Å². The lowest BCUT2D eigenvalue weighted by atomic mass is 10.2. The van der Waals surface area contributed by atoms with Crippen LogP contribution in [0.25, 0.3) is 0 Å². The fourth-order valence-electron chi connectivity index (χ4n) is 1.65. The second kappa shape index (κ2) is 6.57. The van der Waals surface area contributed by atoms with Crippen molar-refractivity contribution in [1.29, 1.82) is 0 Å². The molecule has 2 nitrogen and oxygen atoms in total. The molecule has 2 aromatic carbocycles. The molecule has 0 aliphatic carbocycles. The van der Waals surface area contributed by atoms with E-state index in [0.717, 1.165) is 15.7 Å². The van der Waals surface area contributed by atoms with Crippen LogP contribution < -0.4 is 10.1 Å². The Kier molecular flexibility index (Phi) is 4.80. The van der Waals surface area contributed by atoms with Crippen LogP contribution in [-0.4, -0.2) is 13.2 Å². The standard InChI is InChI=1S/C15H15BrFNO/c1-11-2-7-14(17)15(10-11)19-9-8-18-13-5-3-12(16)4-6-13/h2-7,10,18H,8-9H2,1H3. The van der Waals surface area contributed by atoms with Gasteiger partial charge in [-0.1, -0.05) is 22.0 Å². The number of rotatable bonds is 5. The second-order valence-electron chi connectivity index (χ2n) is 4.22. The quantitative estimate of drug-likeness (QED) is 0.824. The Morgan fingerprint density at radius 2 is 1.89 bits per heavy atom. The smallest absolute Gasteiger partial charge is 0.165 e. The summed E-state index contributed by atoms with van der Waals surface area (Å²) in [6, 6.07) is 12.7. The number of nitrogens with one attached hydrogen (secondary N) is 1. The van der Waals surface area contributed by atoms with Crippen LogP contribution in [0.3, 0.4) is 0 Å². The molecule has 0 saturated heterocycles. The first kappa shape index (κ1) is 13.9. The lowest BCUT2D eigenvalue weighted by molar-refractivity contribution is 0.315. The van der Waals surface area contributed by atoms with E-state index in [9.17, 15) is 4.39 Å². The number of ether oxygens (including phenoxy) is 1. The summed E-state index contributed by atoms with van der Waals surface area (Å²) in [7, 11) is 0. The summed E-state index contributed by atoms with van der Waals surface area (Å²) < 4.78 is 19.9. The highest BCUT2D eigenvalue weighted by atomic mass is 79.9. The first-order valence-corrected chi connectivity index (χ1v) is 6.83. The third-order valence-corrected chi connectivity index (χ3v) is 3.15. The van der Waals surface area contributed by atoms with Crippen LogP contribution in [0.4, 0.5) is 10.1 Å². The minimum absolute atomic E-state index is 0.303. The molecule has 0 amide bonds. The molecule has 4 heteroatoms. The molecule has 0 fully saturated rings. The molecule has 0 unspecified atom stereocenters. The molecule has 0 bridgehead atoms. The zero-order valence-corrected chi connectivity index (χ0v) is 12.2. The van der Waals surface area contributed by atoms with Gasteiger partial charge in [-0.25, -0.2) is 4.39 Å². The van der Waals surface area contributed by atoms with Gasteiger partial charge in [0.2, 0.25) is 0 Å². The van der Waals surface area contributed by atoms with E-state index < -0.39 is 0 Å². The van der Waals surface area contributed by atoms with E-state index in [4.69, 9.17) is 4.74 Å². The number of halogens is 2. The zero-order chi connectivity index (χ0) is 13.7. The molecular formula is C15H15BrFNO. The Morgan fingerprint density at radius 1 is 1.16 bits per heavy atom. The molecule has 19 heavy (non-hydrogen) atoms. The monoisotopic (exact) mass is 323 g/mol. The largest absolute Gasteiger partial charge is 0.489 e. The summed E-state index contributed by atoms with van der Waals surface area (Å²) in [5.41, 5.74) is 1.99. The van der Waals surface area contributed by atoms with E-state index in [1.165, 1.54) is 6.07 Å². The van der Waals surface area contributed by atoms with Crippen LogP contribution in [0.2, 0.25) is 0 Å². The van der Waals surface area contributed by atoms with Crippen molar-refractivity contribution in [2.45, 2.75) is 6.92 Å². The third-order valence-electron chi connectivity index (χ3n) is 2.62.